The molecule has 16 heavy (non-hydrogen) atoms. The molecule has 1 N–H and O–H groups in total. The Morgan fingerprint density at radius 1 is 1.31 bits per heavy atom. The molecule has 1 unspecified atom stereocenters. The SMILES string of the molecule is COc1coc(C(O)c2ccccc2)c1F. The summed E-state index contributed by atoms with van der Waals surface area (Å²) in [5.74, 6) is -0.813. The first-order valence-corrected chi connectivity index (χ1v) is 4.78. The summed E-state index contributed by atoms with van der Waals surface area (Å²) in [4.78, 5) is 0. The molecule has 0 aliphatic carbocycles. The molecule has 0 fully saturated rings. The van der Waals surface area contributed by atoms with E-state index in [0.29, 0.717) is 5.56 Å². The van der Waals surface area contributed by atoms with Crippen LogP contribution in [0.1, 0.15) is 17.4 Å². The van der Waals surface area contributed by atoms with Crippen LogP contribution in [0.5, 0.6) is 5.75 Å². The smallest absolute Gasteiger partial charge is 0.209 e. The lowest BCUT2D eigenvalue weighted by atomic mass is 10.1. The monoisotopic (exact) mass is 222 g/mol. The lowest BCUT2D eigenvalue weighted by Gasteiger charge is -2.07. The molecule has 1 aromatic heterocycles. The minimum Gasteiger partial charge on any atom is -0.491 e. The Balaban J connectivity index is 2.34. The fourth-order valence-electron chi connectivity index (χ4n) is 1.45. The second-order valence-corrected chi connectivity index (χ2v) is 3.30. The molecule has 0 aliphatic heterocycles. The van der Waals surface area contributed by atoms with Crippen molar-refractivity contribution in [3.8, 4) is 5.75 Å². The van der Waals surface area contributed by atoms with E-state index < -0.39 is 11.9 Å². The molecule has 0 spiro atoms. The molecule has 0 amide bonds. The van der Waals surface area contributed by atoms with Gasteiger partial charge in [-0.3, -0.25) is 0 Å². The zero-order valence-electron chi connectivity index (χ0n) is 8.68. The second kappa shape index (κ2) is 4.37. The molecular weight excluding hydrogens is 211 g/mol. The van der Waals surface area contributed by atoms with Crippen molar-refractivity contribution in [3.63, 3.8) is 0 Å². The zero-order chi connectivity index (χ0) is 11.5. The highest BCUT2D eigenvalue weighted by Gasteiger charge is 2.22. The van der Waals surface area contributed by atoms with Gasteiger partial charge in [-0.05, 0) is 5.56 Å². The molecule has 2 rings (SSSR count). The number of hydrogen-bond acceptors (Lipinski definition) is 3. The molecule has 2 aromatic rings. The highest BCUT2D eigenvalue weighted by molar-refractivity contribution is 5.30. The third kappa shape index (κ3) is 1.79. The van der Waals surface area contributed by atoms with Gasteiger partial charge in [0.15, 0.2) is 11.5 Å². The Kier molecular flexibility index (Phi) is 2.92. The molecule has 84 valence electrons. The van der Waals surface area contributed by atoms with Gasteiger partial charge in [-0.1, -0.05) is 30.3 Å². The molecule has 1 aromatic carbocycles. The first-order chi connectivity index (χ1) is 7.74. The van der Waals surface area contributed by atoms with E-state index >= 15 is 0 Å². The first-order valence-electron chi connectivity index (χ1n) is 4.78. The van der Waals surface area contributed by atoms with E-state index in [1.807, 2.05) is 6.07 Å². The second-order valence-electron chi connectivity index (χ2n) is 3.30. The van der Waals surface area contributed by atoms with Crippen LogP contribution in [0, 0.1) is 5.82 Å². The van der Waals surface area contributed by atoms with Crippen LogP contribution < -0.4 is 4.74 Å². The fraction of sp³-hybridized carbons (Fsp3) is 0.167. The van der Waals surface area contributed by atoms with Crippen molar-refractivity contribution < 1.29 is 18.7 Å². The summed E-state index contributed by atoms with van der Waals surface area (Å²) in [5, 5.41) is 9.89. The van der Waals surface area contributed by atoms with Crippen LogP contribution in [-0.4, -0.2) is 12.2 Å². The molecule has 1 atom stereocenters. The van der Waals surface area contributed by atoms with E-state index in [2.05, 4.69) is 0 Å². The van der Waals surface area contributed by atoms with Crippen LogP contribution in [0.2, 0.25) is 0 Å². The quantitative estimate of drug-likeness (QED) is 0.867. The molecule has 4 heteroatoms. The van der Waals surface area contributed by atoms with Crippen LogP contribution in [-0.2, 0) is 0 Å². The number of halogens is 1. The van der Waals surface area contributed by atoms with Crippen LogP contribution in [0.15, 0.2) is 41.0 Å². The van der Waals surface area contributed by atoms with Crippen molar-refractivity contribution in [1.29, 1.82) is 0 Å². The van der Waals surface area contributed by atoms with Gasteiger partial charge in [-0.15, -0.1) is 0 Å². The van der Waals surface area contributed by atoms with Crippen molar-refractivity contribution in [2.24, 2.45) is 0 Å². The lowest BCUT2D eigenvalue weighted by molar-refractivity contribution is 0.182. The summed E-state index contributed by atoms with van der Waals surface area (Å²) in [6.45, 7) is 0. The summed E-state index contributed by atoms with van der Waals surface area (Å²) in [7, 11) is 1.34. The van der Waals surface area contributed by atoms with Gasteiger partial charge in [0, 0.05) is 0 Å². The van der Waals surface area contributed by atoms with Crippen LogP contribution in [0.25, 0.3) is 0 Å². The maximum atomic E-state index is 13.6. The summed E-state index contributed by atoms with van der Waals surface area (Å²) < 4.78 is 23.3. The number of rotatable bonds is 3. The summed E-state index contributed by atoms with van der Waals surface area (Å²) in [5.41, 5.74) is 0.568. The van der Waals surface area contributed by atoms with Gasteiger partial charge in [0.2, 0.25) is 5.82 Å². The largest absolute Gasteiger partial charge is 0.491 e. The highest BCUT2D eigenvalue weighted by Crippen LogP contribution is 2.30. The summed E-state index contributed by atoms with van der Waals surface area (Å²) >= 11 is 0. The van der Waals surface area contributed by atoms with Gasteiger partial charge in [-0.2, -0.15) is 4.39 Å². The molecule has 0 saturated carbocycles. The van der Waals surface area contributed by atoms with E-state index in [9.17, 15) is 9.50 Å². The van der Waals surface area contributed by atoms with Gasteiger partial charge in [0.05, 0.1) is 7.11 Å². The topological polar surface area (TPSA) is 42.6 Å². The number of aliphatic hydroxyl groups excluding tert-OH is 1. The number of hydrogen-bond donors (Lipinski definition) is 1. The standard InChI is InChI=1S/C12H11FO3/c1-15-9-7-16-12(10(9)13)11(14)8-5-3-2-4-6-8/h2-7,11,14H,1H3. The fourth-order valence-corrected chi connectivity index (χ4v) is 1.45. The third-order valence-corrected chi connectivity index (χ3v) is 2.31. The van der Waals surface area contributed by atoms with E-state index in [1.165, 1.54) is 7.11 Å². The predicted molar refractivity (Wildman–Crippen MR) is 55.7 cm³/mol. The van der Waals surface area contributed by atoms with Crippen LogP contribution in [0.4, 0.5) is 4.39 Å². The van der Waals surface area contributed by atoms with Crippen molar-refractivity contribution >= 4 is 0 Å². The number of ether oxygens (including phenoxy) is 1. The zero-order valence-corrected chi connectivity index (χ0v) is 8.68. The molecule has 0 saturated heterocycles. The number of aliphatic hydroxyl groups is 1. The number of benzene rings is 1. The van der Waals surface area contributed by atoms with Gasteiger partial charge in [0.25, 0.3) is 0 Å². The Hall–Kier alpha value is -1.81. The number of furan rings is 1. The van der Waals surface area contributed by atoms with Gasteiger partial charge in [0.1, 0.15) is 12.4 Å². The molecule has 0 bridgehead atoms. The van der Waals surface area contributed by atoms with Gasteiger partial charge < -0.3 is 14.3 Å². The molecule has 1 heterocycles. The third-order valence-electron chi connectivity index (χ3n) is 2.31. The molecular formula is C12H11FO3. The maximum absolute atomic E-state index is 13.6. The average molecular weight is 222 g/mol. The normalized spacial score (nSPS) is 12.4. The Labute approximate surface area is 92.1 Å². The van der Waals surface area contributed by atoms with E-state index in [0.717, 1.165) is 6.26 Å². The summed E-state index contributed by atoms with van der Waals surface area (Å²) in [6.07, 6.45) is 0.0155. The highest BCUT2D eigenvalue weighted by atomic mass is 19.1. The van der Waals surface area contributed by atoms with Crippen LogP contribution in [0.3, 0.4) is 0 Å². The van der Waals surface area contributed by atoms with Crippen molar-refractivity contribution in [2.45, 2.75) is 6.10 Å². The summed E-state index contributed by atoms with van der Waals surface area (Å²) in [6, 6.07) is 8.72. The van der Waals surface area contributed by atoms with Gasteiger partial charge in [-0.25, -0.2) is 0 Å². The van der Waals surface area contributed by atoms with E-state index in [-0.39, 0.29) is 11.5 Å². The predicted octanol–water partition coefficient (Wildman–Crippen LogP) is 2.51. The Morgan fingerprint density at radius 3 is 2.56 bits per heavy atom. The average Bonchev–Trinajstić information content (AvgIpc) is 2.70. The minimum absolute atomic E-state index is 0.00928. The minimum atomic E-state index is -1.12. The Morgan fingerprint density at radius 2 is 2.00 bits per heavy atom. The Bertz CT molecular complexity index is 464. The molecule has 0 radical (unpaired) electrons. The number of methoxy groups -OCH3 is 1. The maximum Gasteiger partial charge on any atom is 0.209 e. The lowest BCUT2D eigenvalue weighted by Crippen LogP contribution is -2.00. The molecule has 3 nitrogen and oxygen atoms in total. The van der Waals surface area contributed by atoms with Gasteiger partial charge >= 0.3 is 0 Å². The first kappa shape index (κ1) is 10.7. The van der Waals surface area contributed by atoms with Crippen molar-refractivity contribution in [3.05, 3.63) is 53.7 Å². The van der Waals surface area contributed by atoms with Crippen molar-refractivity contribution in [2.75, 3.05) is 7.11 Å². The van der Waals surface area contributed by atoms with E-state index in [4.69, 9.17) is 9.15 Å². The van der Waals surface area contributed by atoms with Crippen molar-refractivity contribution in [1.82, 2.24) is 0 Å². The van der Waals surface area contributed by atoms with E-state index in [1.54, 1.807) is 24.3 Å². The van der Waals surface area contributed by atoms with Crippen LogP contribution >= 0.6 is 0 Å². The molecule has 0 aliphatic rings.